The van der Waals surface area contributed by atoms with Gasteiger partial charge in [-0.3, -0.25) is 9.59 Å². The summed E-state index contributed by atoms with van der Waals surface area (Å²) in [4.78, 5) is 21.5. The lowest BCUT2D eigenvalue weighted by Gasteiger charge is -2.29. The normalized spacial score (nSPS) is 17.1. The zero-order valence-electron chi connectivity index (χ0n) is 8.61. The maximum atomic E-state index is 11.0. The third-order valence-electron chi connectivity index (χ3n) is 2.51. The molecule has 2 atom stereocenters. The molecule has 0 amide bonds. The zero-order chi connectivity index (χ0) is 11.4. The molecule has 0 bridgehead atoms. The van der Waals surface area contributed by atoms with Gasteiger partial charge in [0.2, 0.25) is 0 Å². The van der Waals surface area contributed by atoms with Gasteiger partial charge in [0.05, 0.1) is 11.8 Å². The number of hydrogen-bond acceptors (Lipinski definition) is 3. The summed E-state index contributed by atoms with van der Waals surface area (Å²) in [6, 6.07) is 0. The molecule has 5 nitrogen and oxygen atoms in total. The SMILES string of the molecule is COCC(C)C(C)(CC(=O)O)C(=O)O. The topological polar surface area (TPSA) is 83.8 Å². The Balaban J connectivity index is 4.70. The lowest BCUT2D eigenvalue weighted by molar-refractivity contribution is -0.159. The Morgan fingerprint density at radius 2 is 1.93 bits per heavy atom. The number of carboxylic acid groups (broad SMARTS) is 2. The quantitative estimate of drug-likeness (QED) is 0.669. The van der Waals surface area contributed by atoms with E-state index in [2.05, 4.69) is 0 Å². The minimum Gasteiger partial charge on any atom is -0.481 e. The van der Waals surface area contributed by atoms with Crippen LogP contribution in [0.1, 0.15) is 20.3 Å². The molecule has 2 N–H and O–H groups in total. The van der Waals surface area contributed by atoms with Crippen molar-refractivity contribution < 1.29 is 24.5 Å². The first-order valence-electron chi connectivity index (χ1n) is 4.28. The number of rotatable bonds is 6. The van der Waals surface area contributed by atoms with E-state index in [0.717, 1.165) is 0 Å². The van der Waals surface area contributed by atoms with Gasteiger partial charge < -0.3 is 14.9 Å². The van der Waals surface area contributed by atoms with Gasteiger partial charge in [-0.2, -0.15) is 0 Å². The highest BCUT2D eigenvalue weighted by atomic mass is 16.5. The molecule has 0 aliphatic carbocycles. The molecule has 0 spiro atoms. The van der Waals surface area contributed by atoms with Crippen LogP contribution in [-0.2, 0) is 14.3 Å². The molecule has 0 fully saturated rings. The Morgan fingerprint density at radius 1 is 1.43 bits per heavy atom. The second kappa shape index (κ2) is 4.95. The molecule has 0 saturated heterocycles. The third-order valence-corrected chi connectivity index (χ3v) is 2.51. The van der Waals surface area contributed by atoms with Gasteiger partial charge in [0.25, 0.3) is 0 Å². The van der Waals surface area contributed by atoms with Crippen LogP contribution in [0.4, 0.5) is 0 Å². The molecule has 0 radical (unpaired) electrons. The van der Waals surface area contributed by atoms with Crippen LogP contribution in [0.3, 0.4) is 0 Å². The van der Waals surface area contributed by atoms with E-state index >= 15 is 0 Å². The van der Waals surface area contributed by atoms with Crippen LogP contribution in [0.5, 0.6) is 0 Å². The smallest absolute Gasteiger partial charge is 0.310 e. The van der Waals surface area contributed by atoms with Gasteiger partial charge in [-0.15, -0.1) is 0 Å². The molecule has 0 rings (SSSR count). The maximum Gasteiger partial charge on any atom is 0.310 e. The van der Waals surface area contributed by atoms with Crippen molar-refractivity contribution in [1.82, 2.24) is 0 Å². The number of aliphatic carboxylic acids is 2. The standard InChI is InChI=1S/C9H16O5/c1-6(5-14-3)9(2,8(12)13)4-7(10)11/h6H,4-5H2,1-3H3,(H,10,11)(H,12,13). The largest absolute Gasteiger partial charge is 0.481 e. The molecule has 2 unspecified atom stereocenters. The first kappa shape index (κ1) is 12.9. The first-order chi connectivity index (χ1) is 6.34. The second-order valence-corrected chi connectivity index (χ2v) is 3.65. The van der Waals surface area contributed by atoms with Gasteiger partial charge in [-0.05, 0) is 12.8 Å². The van der Waals surface area contributed by atoms with Gasteiger partial charge in [-0.25, -0.2) is 0 Å². The number of carboxylic acids is 2. The van der Waals surface area contributed by atoms with Crippen molar-refractivity contribution in [1.29, 1.82) is 0 Å². The molecule has 0 aromatic heterocycles. The fourth-order valence-electron chi connectivity index (χ4n) is 1.21. The number of ether oxygens (including phenoxy) is 1. The van der Waals surface area contributed by atoms with E-state index < -0.39 is 23.8 Å². The Morgan fingerprint density at radius 3 is 2.21 bits per heavy atom. The minimum atomic E-state index is -1.28. The number of methoxy groups -OCH3 is 1. The highest BCUT2D eigenvalue weighted by Crippen LogP contribution is 2.31. The summed E-state index contributed by atoms with van der Waals surface area (Å²) in [5.74, 6) is -2.57. The van der Waals surface area contributed by atoms with E-state index in [-0.39, 0.29) is 12.5 Å². The van der Waals surface area contributed by atoms with E-state index in [1.54, 1.807) is 6.92 Å². The molecule has 82 valence electrons. The molecule has 0 heterocycles. The average molecular weight is 204 g/mol. The lowest BCUT2D eigenvalue weighted by Crippen LogP contribution is -2.38. The summed E-state index contributed by atoms with van der Waals surface area (Å²) >= 11 is 0. The molecular formula is C9H16O5. The van der Waals surface area contributed by atoms with Crippen LogP contribution in [0.2, 0.25) is 0 Å². The fraction of sp³-hybridized carbons (Fsp3) is 0.778. The van der Waals surface area contributed by atoms with Crippen molar-refractivity contribution in [2.45, 2.75) is 20.3 Å². The van der Waals surface area contributed by atoms with Gasteiger partial charge >= 0.3 is 11.9 Å². The predicted molar refractivity (Wildman–Crippen MR) is 49.0 cm³/mol. The van der Waals surface area contributed by atoms with Crippen LogP contribution in [0.15, 0.2) is 0 Å². The zero-order valence-corrected chi connectivity index (χ0v) is 8.61. The molecule has 0 aliphatic heterocycles. The number of carbonyl (C=O) groups is 2. The molecular weight excluding hydrogens is 188 g/mol. The fourth-order valence-corrected chi connectivity index (χ4v) is 1.21. The molecule has 0 aromatic carbocycles. The lowest BCUT2D eigenvalue weighted by atomic mass is 9.76. The van der Waals surface area contributed by atoms with Crippen molar-refractivity contribution >= 4 is 11.9 Å². The van der Waals surface area contributed by atoms with Crippen LogP contribution >= 0.6 is 0 Å². The van der Waals surface area contributed by atoms with Gasteiger partial charge in [-0.1, -0.05) is 6.92 Å². The Hall–Kier alpha value is -1.10. The monoisotopic (exact) mass is 204 g/mol. The number of hydrogen-bond donors (Lipinski definition) is 2. The summed E-state index contributed by atoms with van der Waals surface area (Å²) in [5.41, 5.74) is -1.28. The van der Waals surface area contributed by atoms with E-state index in [9.17, 15) is 9.59 Å². The van der Waals surface area contributed by atoms with Crippen LogP contribution in [0.25, 0.3) is 0 Å². The summed E-state index contributed by atoms with van der Waals surface area (Å²) in [5, 5.41) is 17.6. The maximum absolute atomic E-state index is 11.0. The van der Waals surface area contributed by atoms with Crippen LogP contribution in [0, 0.1) is 11.3 Å². The van der Waals surface area contributed by atoms with Gasteiger partial charge in [0, 0.05) is 13.7 Å². The predicted octanol–water partition coefficient (Wildman–Crippen LogP) is 0.835. The van der Waals surface area contributed by atoms with Crippen LogP contribution in [-0.4, -0.2) is 35.9 Å². The van der Waals surface area contributed by atoms with Crippen molar-refractivity contribution in [3.63, 3.8) is 0 Å². The average Bonchev–Trinajstić information content (AvgIpc) is 2.02. The van der Waals surface area contributed by atoms with E-state index in [4.69, 9.17) is 14.9 Å². The van der Waals surface area contributed by atoms with Crippen molar-refractivity contribution in [3.8, 4) is 0 Å². The van der Waals surface area contributed by atoms with Crippen molar-refractivity contribution in [2.75, 3.05) is 13.7 Å². The summed E-state index contributed by atoms with van der Waals surface area (Å²) < 4.78 is 4.83. The second-order valence-electron chi connectivity index (χ2n) is 3.65. The third kappa shape index (κ3) is 2.99. The molecule has 14 heavy (non-hydrogen) atoms. The summed E-state index contributed by atoms with van der Waals surface area (Å²) in [7, 11) is 1.46. The van der Waals surface area contributed by atoms with Crippen molar-refractivity contribution in [2.24, 2.45) is 11.3 Å². The van der Waals surface area contributed by atoms with Gasteiger partial charge in [0.1, 0.15) is 0 Å². The minimum absolute atomic E-state index is 0.232. The Labute approximate surface area is 82.7 Å². The van der Waals surface area contributed by atoms with E-state index in [1.807, 2.05) is 0 Å². The molecule has 0 saturated carbocycles. The highest BCUT2D eigenvalue weighted by Gasteiger charge is 2.41. The van der Waals surface area contributed by atoms with Crippen LogP contribution < -0.4 is 0 Å². The van der Waals surface area contributed by atoms with E-state index in [0.29, 0.717) is 0 Å². The van der Waals surface area contributed by atoms with Crippen molar-refractivity contribution in [3.05, 3.63) is 0 Å². The summed E-state index contributed by atoms with van der Waals surface area (Å²) in [6.45, 7) is 3.32. The molecule has 0 aliphatic rings. The summed E-state index contributed by atoms with van der Waals surface area (Å²) in [6.07, 6.45) is -0.396. The Bertz CT molecular complexity index is 225. The molecule has 0 aromatic rings. The van der Waals surface area contributed by atoms with Gasteiger partial charge in [0.15, 0.2) is 0 Å². The van der Waals surface area contributed by atoms with E-state index in [1.165, 1.54) is 14.0 Å². The Kier molecular flexibility index (Phi) is 4.56. The highest BCUT2D eigenvalue weighted by molar-refractivity contribution is 5.81. The first-order valence-corrected chi connectivity index (χ1v) is 4.28. The molecule has 5 heteroatoms.